The maximum Gasteiger partial charge on any atom is 0.331 e. The third-order valence-electron chi connectivity index (χ3n) is 5.27. The van der Waals surface area contributed by atoms with Gasteiger partial charge in [0.25, 0.3) is 5.56 Å². The Kier molecular flexibility index (Phi) is 5.30. The fourth-order valence-corrected chi connectivity index (χ4v) is 4.88. The maximum atomic E-state index is 13.2. The first-order chi connectivity index (χ1) is 14.7. The zero-order chi connectivity index (χ0) is 22.4. The quantitative estimate of drug-likeness (QED) is 0.548. The maximum absolute atomic E-state index is 13.2. The molecular formula is C19H20F2N4O5S. The molecule has 1 saturated carbocycles. The van der Waals surface area contributed by atoms with E-state index in [4.69, 9.17) is 4.52 Å². The lowest BCUT2D eigenvalue weighted by atomic mass is 10.2. The van der Waals surface area contributed by atoms with Crippen molar-refractivity contribution in [3.8, 4) is 0 Å². The molecule has 1 fully saturated rings. The molecule has 1 aliphatic rings. The number of alkyl halides is 2. The van der Waals surface area contributed by atoms with Gasteiger partial charge in [-0.05, 0) is 38.0 Å². The van der Waals surface area contributed by atoms with Gasteiger partial charge >= 0.3 is 5.69 Å². The minimum Gasteiger partial charge on any atom is -0.359 e. The van der Waals surface area contributed by atoms with Crippen molar-refractivity contribution in [1.82, 2.24) is 19.0 Å². The number of halogens is 2. The number of hydrogen-bond donors (Lipinski definition) is 1. The average molecular weight is 454 g/mol. The smallest absolute Gasteiger partial charge is 0.331 e. The van der Waals surface area contributed by atoms with E-state index < -0.39 is 40.2 Å². The molecular weight excluding hydrogens is 434 g/mol. The summed E-state index contributed by atoms with van der Waals surface area (Å²) in [5.74, 6) is 0.243. The minimum absolute atomic E-state index is 0.0859. The predicted molar refractivity (Wildman–Crippen MR) is 107 cm³/mol. The van der Waals surface area contributed by atoms with Crippen LogP contribution in [0.25, 0.3) is 10.9 Å². The summed E-state index contributed by atoms with van der Waals surface area (Å²) in [6.07, 6.45) is 0.769. The van der Waals surface area contributed by atoms with Gasteiger partial charge in [-0.1, -0.05) is 5.16 Å². The van der Waals surface area contributed by atoms with E-state index in [1.807, 2.05) is 0 Å². The number of hydrogen-bond acceptors (Lipinski definition) is 6. The molecule has 0 bridgehead atoms. The fraction of sp³-hybridized carbons (Fsp3) is 0.421. The molecule has 166 valence electrons. The fourth-order valence-electron chi connectivity index (χ4n) is 3.41. The van der Waals surface area contributed by atoms with Gasteiger partial charge in [-0.2, -0.15) is 0 Å². The van der Waals surface area contributed by atoms with Crippen LogP contribution in [0.3, 0.4) is 0 Å². The van der Waals surface area contributed by atoms with Crippen LogP contribution in [0.2, 0.25) is 0 Å². The van der Waals surface area contributed by atoms with Gasteiger partial charge in [-0.25, -0.2) is 26.7 Å². The van der Waals surface area contributed by atoms with E-state index in [9.17, 15) is 26.8 Å². The molecule has 0 atom stereocenters. The second-order valence-electron chi connectivity index (χ2n) is 7.65. The van der Waals surface area contributed by atoms with Gasteiger partial charge in [0.2, 0.25) is 10.0 Å². The summed E-state index contributed by atoms with van der Waals surface area (Å²) < 4.78 is 61.1. The number of nitrogens with zero attached hydrogens (tertiary/aromatic N) is 3. The second-order valence-corrected chi connectivity index (χ2v) is 9.33. The highest BCUT2D eigenvalue weighted by Crippen LogP contribution is 2.37. The Balaban J connectivity index is 1.87. The van der Waals surface area contributed by atoms with Crippen LogP contribution in [0.4, 0.5) is 8.78 Å². The number of sulfonamides is 1. The van der Waals surface area contributed by atoms with Crippen molar-refractivity contribution in [2.75, 3.05) is 13.3 Å². The van der Waals surface area contributed by atoms with Gasteiger partial charge in [0.05, 0.1) is 40.1 Å². The number of benzene rings is 1. The number of nitrogens with one attached hydrogen (secondary N) is 1. The Morgan fingerprint density at radius 3 is 2.52 bits per heavy atom. The lowest BCUT2D eigenvalue weighted by Gasteiger charge is -2.16. The molecule has 1 N–H and O–H groups in total. The lowest BCUT2D eigenvalue weighted by molar-refractivity contribution is 0.367. The van der Waals surface area contributed by atoms with E-state index in [-0.39, 0.29) is 34.6 Å². The summed E-state index contributed by atoms with van der Waals surface area (Å²) in [6, 6.07) is 5.15. The molecule has 0 spiro atoms. The van der Waals surface area contributed by atoms with Gasteiger partial charge in [0.15, 0.2) is 5.76 Å². The highest BCUT2D eigenvalue weighted by Gasteiger charge is 2.46. The molecule has 9 nitrogen and oxygen atoms in total. The molecule has 3 aromatic rings. The summed E-state index contributed by atoms with van der Waals surface area (Å²) in [4.78, 5) is 25.7. The topological polar surface area (TPSA) is 116 Å². The van der Waals surface area contributed by atoms with Crippen molar-refractivity contribution < 1.29 is 21.7 Å². The summed E-state index contributed by atoms with van der Waals surface area (Å²) in [5.41, 5.74) is -1.97. The summed E-state index contributed by atoms with van der Waals surface area (Å²) in [5, 5.41) is 3.62. The van der Waals surface area contributed by atoms with E-state index in [1.54, 1.807) is 13.0 Å². The first-order valence-corrected chi connectivity index (χ1v) is 11.0. The number of fused-ring (bicyclic) bond motifs is 1. The summed E-state index contributed by atoms with van der Waals surface area (Å²) >= 11 is 0. The molecule has 4 rings (SSSR count). The molecule has 0 aliphatic heterocycles. The van der Waals surface area contributed by atoms with Crippen LogP contribution in [0.15, 0.2) is 43.3 Å². The number of rotatable bonds is 8. The molecule has 0 radical (unpaired) electrons. The largest absolute Gasteiger partial charge is 0.359 e. The summed E-state index contributed by atoms with van der Waals surface area (Å²) in [7, 11) is -4.11. The van der Waals surface area contributed by atoms with Crippen molar-refractivity contribution in [2.24, 2.45) is 0 Å². The number of aryl methyl sites for hydroxylation is 2. The first-order valence-electron chi connectivity index (χ1n) is 9.55. The zero-order valence-electron chi connectivity index (χ0n) is 16.6. The van der Waals surface area contributed by atoms with Gasteiger partial charge < -0.3 is 4.52 Å². The van der Waals surface area contributed by atoms with Crippen molar-refractivity contribution in [1.29, 1.82) is 0 Å². The van der Waals surface area contributed by atoms with Gasteiger partial charge in [-0.15, -0.1) is 0 Å². The molecule has 0 saturated heterocycles. The molecule has 0 amide bonds. The van der Waals surface area contributed by atoms with Gasteiger partial charge in [-0.3, -0.25) is 13.9 Å². The lowest BCUT2D eigenvalue weighted by Crippen LogP contribution is -2.41. The average Bonchev–Trinajstić information content (AvgIpc) is 3.38. The van der Waals surface area contributed by atoms with Crippen LogP contribution < -0.4 is 16.0 Å². The Morgan fingerprint density at radius 2 is 1.94 bits per heavy atom. The highest BCUT2D eigenvalue weighted by atomic mass is 32.2. The van der Waals surface area contributed by atoms with E-state index in [2.05, 4.69) is 9.88 Å². The van der Waals surface area contributed by atoms with Crippen LogP contribution in [-0.2, 0) is 23.1 Å². The van der Waals surface area contributed by atoms with E-state index in [0.717, 1.165) is 15.2 Å². The first kappa shape index (κ1) is 21.4. The molecule has 2 heterocycles. The third kappa shape index (κ3) is 3.92. The van der Waals surface area contributed by atoms with Crippen LogP contribution in [-0.4, -0.2) is 41.6 Å². The Bertz CT molecular complexity index is 1370. The predicted octanol–water partition coefficient (Wildman–Crippen LogP) is 1.26. The molecule has 12 heteroatoms. The van der Waals surface area contributed by atoms with Crippen LogP contribution >= 0.6 is 0 Å². The van der Waals surface area contributed by atoms with Crippen molar-refractivity contribution in [3.05, 3.63) is 56.6 Å². The summed E-state index contributed by atoms with van der Waals surface area (Å²) in [6.45, 7) is -0.596. The minimum atomic E-state index is -4.11. The van der Waals surface area contributed by atoms with Crippen LogP contribution in [0.5, 0.6) is 0 Å². The normalized spacial score (nSPS) is 15.5. The molecule has 0 unspecified atom stereocenters. The Labute approximate surface area is 175 Å². The van der Waals surface area contributed by atoms with Crippen molar-refractivity contribution in [3.63, 3.8) is 0 Å². The Morgan fingerprint density at radius 1 is 1.19 bits per heavy atom. The van der Waals surface area contributed by atoms with E-state index in [1.165, 1.54) is 12.1 Å². The molecule has 2 aromatic heterocycles. The highest BCUT2D eigenvalue weighted by molar-refractivity contribution is 7.89. The second kappa shape index (κ2) is 7.68. The van der Waals surface area contributed by atoms with E-state index >= 15 is 0 Å². The van der Waals surface area contributed by atoms with Crippen LogP contribution in [0.1, 0.15) is 24.3 Å². The van der Waals surface area contributed by atoms with Crippen LogP contribution in [0, 0.1) is 6.92 Å². The number of aromatic nitrogens is 3. The molecule has 31 heavy (non-hydrogen) atoms. The SMILES string of the molecule is Cc1cc(Cn2c(=O)c3cc(S(=O)(=O)NC4(CF)CC4)ccc3n(CCF)c2=O)on1. The standard InChI is InChI=1S/C19H20F2N4O5S/c1-12-8-13(30-22-12)10-25-17(26)15-9-14(31(28,29)23-19(11-21)4-5-19)2-3-16(15)24(7-6-20)18(25)27/h2-3,8-9,23H,4-7,10-11H2,1H3. The van der Waals surface area contributed by atoms with Gasteiger partial charge in [0, 0.05) is 6.07 Å². The monoisotopic (exact) mass is 454 g/mol. The van der Waals surface area contributed by atoms with E-state index in [0.29, 0.717) is 18.5 Å². The van der Waals surface area contributed by atoms with Crippen molar-refractivity contribution in [2.45, 2.75) is 43.3 Å². The third-order valence-corrected chi connectivity index (χ3v) is 6.84. The molecule has 1 aliphatic carbocycles. The zero-order valence-corrected chi connectivity index (χ0v) is 17.4. The van der Waals surface area contributed by atoms with Crippen molar-refractivity contribution >= 4 is 20.9 Å². The molecule has 1 aromatic carbocycles. The van der Waals surface area contributed by atoms with Gasteiger partial charge in [0.1, 0.15) is 13.3 Å². The Hall–Kier alpha value is -2.86.